The lowest BCUT2D eigenvalue weighted by atomic mass is 10.1. The average molecular weight is 279 g/mol. The highest BCUT2D eigenvalue weighted by atomic mass is 16.5. The Bertz CT molecular complexity index is 455. The maximum Gasteiger partial charge on any atom is 0.258 e. The maximum atomic E-state index is 11.9. The van der Waals surface area contributed by atoms with Gasteiger partial charge in [0.05, 0.1) is 6.61 Å². The van der Waals surface area contributed by atoms with E-state index in [9.17, 15) is 9.90 Å². The van der Waals surface area contributed by atoms with Gasteiger partial charge < -0.3 is 19.9 Å². The van der Waals surface area contributed by atoms with Gasteiger partial charge in [-0.15, -0.1) is 0 Å². The Kier molecular flexibility index (Phi) is 5.38. The molecule has 5 nitrogen and oxygen atoms in total. The van der Waals surface area contributed by atoms with Crippen molar-refractivity contribution in [3.8, 4) is 5.75 Å². The Morgan fingerprint density at radius 3 is 2.90 bits per heavy atom. The summed E-state index contributed by atoms with van der Waals surface area (Å²) < 4.78 is 10.8. The summed E-state index contributed by atoms with van der Waals surface area (Å²) in [5, 5.41) is 12.2. The Morgan fingerprint density at radius 2 is 2.20 bits per heavy atom. The second-order valence-corrected chi connectivity index (χ2v) is 4.96. The van der Waals surface area contributed by atoms with Crippen LogP contribution in [0.1, 0.15) is 24.0 Å². The number of hydrogen-bond donors (Lipinski definition) is 2. The highest BCUT2D eigenvalue weighted by Crippen LogP contribution is 2.23. The molecule has 0 radical (unpaired) electrons. The second-order valence-electron chi connectivity index (χ2n) is 4.96. The topological polar surface area (TPSA) is 67.8 Å². The van der Waals surface area contributed by atoms with Crippen LogP contribution in [-0.4, -0.2) is 36.9 Å². The summed E-state index contributed by atoms with van der Waals surface area (Å²) >= 11 is 0. The van der Waals surface area contributed by atoms with Gasteiger partial charge in [-0.05, 0) is 25.3 Å². The number of ether oxygens (including phenoxy) is 2. The van der Waals surface area contributed by atoms with Gasteiger partial charge in [0.15, 0.2) is 6.61 Å². The van der Waals surface area contributed by atoms with Gasteiger partial charge in [-0.2, -0.15) is 0 Å². The minimum atomic E-state index is -0.135. The van der Waals surface area contributed by atoms with E-state index in [4.69, 9.17) is 9.47 Å². The Balaban J connectivity index is 1.86. The number of hydrogen-bond acceptors (Lipinski definition) is 4. The second kappa shape index (κ2) is 7.26. The molecule has 2 rings (SSSR count). The van der Waals surface area contributed by atoms with E-state index < -0.39 is 0 Å². The minimum absolute atomic E-state index is 0.0325. The van der Waals surface area contributed by atoms with E-state index in [0.29, 0.717) is 24.5 Å². The van der Waals surface area contributed by atoms with Crippen LogP contribution in [-0.2, 0) is 16.1 Å². The van der Waals surface area contributed by atoms with Gasteiger partial charge in [0.2, 0.25) is 0 Å². The van der Waals surface area contributed by atoms with Gasteiger partial charge in [0.1, 0.15) is 5.75 Å². The SMILES string of the molecule is Cc1cccc(CO)c1OCC(=O)NC1CCOCC1. The van der Waals surface area contributed by atoms with Crippen LogP contribution in [0.3, 0.4) is 0 Å². The molecule has 0 bridgehead atoms. The summed E-state index contributed by atoms with van der Waals surface area (Å²) in [7, 11) is 0. The summed E-state index contributed by atoms with van der Waals surface area (Å²) in [5.41, 5.74) is 1.61. The summed E-state index contributed by atoms with van der Waals surface area (Å²) in [4.78, 5) is 11.9. The van der Waals surface area contributed by atoms with Gasteiger partial charge in [0, 0.05) is 24.8 Å². The molecule has 2 N–H and O–H groups in total. The number of carbonyl (C=O) groups is 1. The molecule has 5 heteroatoms. The normalized spacial score (nSPS) is 15.9. The van der Waals surface area contributed by atoms with E-state index in [-0.39, 0.29) is 25.2 Å². The van der Waals surface area contributed by atoms with Crippen molar-refractivity contribution in [1.29, 1.82) is 0 Å². The monoisotopic (exact) mass is 279 g/mol. The number of carbonyl (C=O) groups excluding carboxylic acids is 1. The Morgan fingerprint density at radius 1 is 1.45 bits per heavy atom. The van der Waals surface area contributed by atoms with E-state index in [1.807, 2.05) is 19.1 Å². The molecule has 1 aliphatic heterocycles. The van der Waals surface area contributed by atoms with Gasteiger partial charge in [0.25, 0.3) is 5.91 Å². The van der Waals surface area contributed by atoms with Crippen molar-refractivity contribution < 1.29 is 19.4 Å². The van der Waals surface area contributed by atoms with Crippen molar-refractivity contribution >= 4 is 5.91 Å². The average Bonchev–Trinajstić information content (AvgIpc) is 2.46. The van der Waals surface area contributed by atoms with Crippen LogP contribution in [0, 0.1) is 6.92 Å². The summed E-state index contributed by atoms with van der Waals surface area (Å²) in [6.07, 6.45) is 1.69. The lowest BCUT2D eigenvalue weighted by Gasteiger charge is -2.23. The third kappa shape index (κ3) is 3.95. The van der Waals surface area contributed by atoms with Crippen molar-refractivity contribution in [1.82, 2.24) is 5.32 Å². The number of aliphatic hydroxyl groups is 1. The highest BCUT2D eigenvalue weighted by molar-refractivity contribution is 5.78. The first-order valence-electron chi connectivity index (χ1n) is 6.90. The van der Waals surface area contributed by atoms with Crippen LogP contribution in [0.15, 0.2) is 18.2 Å². The fraction of sp³-hybridized carbons (Fsp3) is 0.533. The van der Waals surface area contributed by atoms with Gasteiger partial charge in [-0.25, -0.2) is 0 Å². The van der Waals surface area contributed by atoms with Gasteiger partial charge in [-0.1, -0.05) is 18.2 Å². The molecule has 1 amide bonds. The number of rotatable bonds is 5. The molecule has 110 valence electrons. The Hall–Kier alpha value is -1.59. The molecule has 0 aromatic heterocycles. The Labute approximate surface area is 118 Å². The minimum Gasteiger partial charge on any atom is -0.483 e. The summed E-state index contributed by atoms with van der Waals surface area (Å²) in [6, 6.07) is 5.72. The number of para-hydroxylation sites is 1. The molecule has 0 unspecified atom stereocenters. The molecule has 1 heterocycles. The van der Waals surface area contributed by atoms with Crippen LogP contribution >= 0.6 is 0 Å². The number of benzene rings is 1. The lowest BCUT2D eigenvalue weighted by molar-refractivity contribution is -0.124. The van der Waals surface area contributed by atoms with Crippen LogP contribution < -0.4 is 10.1 Å². The molecule has 0 spiro atoms. The summed E-state index contributed by atoms with van der Waals surface area (Å²) in [5.74, 6) is 0.459. The molecule has 20 heavy (non-hydrogen) atoms. The van der Waals surface area contributed by atoms with E-state index in [1.165, 1.54) is 0 Å². The molecule has 0 aliphatic carbocycles. The molecule has 0 atom stereocenters. The zero-order chi connectivity index (χ0) is 14.4. The fourth-order valence-corrected chi connectivity index (χ4v) is 2.29. The third-order valence-corrected chi connectivity index (χ3v) is 3.40. The van der Waals surface area contributed by atoms with E-state index in [2.05, 4.69) is 5.32 Å². The molecular formula is C15H21NO4. The fourth-order valence-electron chi connectivity index (χ4n) is 2.29. The summed E-state index contributed by atoms with van der Waals surface area (Å²) in [6.45, 7) is 3.15. The van der Waals surface area contributed by atoms with Gasteiger partial charge >= 0.3 is 0 Å². The van der Waals surface area contributed by atoms with Crippen molar-refractivity contribution in [2.75, 3.05) is 19.8 Å². The van der Waals surface area contributed by atoms with Crippen LogP contribution in [0.4, 0.5) is 0 Å². The molecule has 1 saturated heterocycles. The number of aryl methyl sites for hydroxylation is 1. The number of amides is 1. The highest BCUT2D eigenvalue weighted by Gasteiger charge is 2.16. The molecule has 1 aromatic carbocycles. The maximum absolute atomic E-state index is 11.9. The van der Waals surface area contributed by atoms with Crippen molar-refractivity contribution in [3.63, 3.8) is 0 Å². The predicted molar refractivity (Wildman–Crippen MR) is 74.6 cm³/mol. The number of aliphatic hydroxyl groups excluding tert-OH is 1. The molecule has 0 saturated carbocycles. The van der Waals surface area contributed by atoms with Crippen molar-refractivity contribution in [3.05, 3.63) is 29.3 Å². The van der Waals surface area contributed by atoms with Crippen molar-refractivity contribution in [2.45, 2.75) is 32.4 Å². The first-order valence-corrected chi connectivity index (χ1v) is 6.90. The molecule has 1 fully saturated rings. The smallest absolute Gasteiger partial charge is 0.258 e. The third-order valence-electron chi connectivity index (χ3n) is 3.40. The van der Waals surface area contributed by atoms with Crippen LogP contribution in [0.2, 0.25) is 0 Å². The van der Waals surface area contributed by atoms with E-state index in [1.54, 1.807) is 6.07 Å². The zero-order valence-corrected chi connectivity index (χ0v) is 11.7. The predicted octanol–water partition coefficient (Wildman–Crippen LogP) is 1.16. The molecule has 1 aliphatic rings. The lowest BCUT2D eigenvalue weighted by Crippen LogP contribution is -2.41. The van der Waals surface area contributed by atoms with E-state index in [0.717, 1.165) is 18.4 Å². The number of nitrogens with one attached hydrogen (secondary N) is 1. The van der Waals surface area contributed by atoms with Crippen molar-refractivity contribution in [2.24, 2.45) is 0 Å². The quantitative estimate of drug-likeness (QED) is 0.849. The molecular weight excluding hydrogens is 258 g/mol. The van der Waals surface area contributed by atoms with Gasteiger partial charge in [-0.3, -0.25) is 4.79 Å². The van der Waals surface area contributed by atoms with E-state index >= 15 is 0 Å². The van der Waals surface area contributed by atoms with Crippen LogP contribution in [0.5, 0.6) is 5.75 Å². The van der Waals surface area contributed by atoms with Crippen LogP contribution in [0.25, 0.3) is 0 Å². The largest absolute Gasteiger partial charge is 0.483 e. The molecule has 1 aromatic rings. The standard InChI is InChI=1S/C15H21NO4/c1-11-3-2-4-12(9-17)15(11)20-10-14(18)16-13-5-7-19-8-6-13/h2-4,13,17H,5-10H2,1H3,(H,16,18). The first-order chi connectivity index (χ1) is 9.70. The zero-order valence-electron chi connectivity index (χ0n) is 11.7. The first kappa shape index (κ1) is 14.8.